The molecule has 2 aromatic carbocycles. The Morgan fingerprint density at radius 1 is 1.04 bits per heavy atom. The molecule has 6 heteroatoms. The van der Waals surface area contributed by atoms with Crippen LogP contribution in [-0.2, 0) is 9.59 Å². The van der Waals surface area contributed by atoms with E-state index in [1.165, 1.54) is 16.7 Å². The fourth-order valence-corrected chi connectivity index (χ4v) is 4.14. The molecule has 2 aromatic rings. The van der Waals surface area contributed by atoms with E-state index in [1.807, 2.05) is 54.6 Å². The normalized spacial score (nSPS) is 21.3. The number of benzene rings is 2. The Hall–Kier alpha value is -2.44. The second kappa shape index (κ2) is 5.89. The molecule has 4 rings (SSSR count). The van der Waals surface area contributed by atoms with Crippen molar-refractivity contribution in [2.75, 3.05) is 10.2 Å². The molecule has 4 nitrogen and oxygen atoms in total. The van der Waals surface area contributed by atoms with Crippen LogP contribution in [0.25, 0.3) is 0 Å². The number of thiocarbonyl (C=S) groups is 1. The number of para-hydroxylation sites is 2. The first-order chi connectivity index (χ1) is 11.6. The third kappa shape index (κ3) is 2.44. The number of nitrogens with zero attached hydrogens (tertiary/aromatic N) is 1. The van der Waals surface area contributed by atoms with Crippen LogP contribution in [0.2, 0.25) is 0 Å². The van der Waals surface area contributed by atoms with Crippen LogP contribution in [0, 0.1) is 0 Å². The third-order valence-electron chi connectivity index (χ3n) is 3.96. The van der Waals surface area contributed by atoms with Crippen LogP contribution >= 0.6 is 24.0 Å². The predicted molar refractivity (Wildman–Crippen MR) is 100 cm³/mol. The van der Waals surface area contributed by atoms with Crippen molar-refractivity contribution in [3.63, 3.8) is 0 Å². The van der Waals surface area contributed by atoms with Crippen LogP contribution in [0.5, 0.6) is 0 Å². The summed E-state index contributed by atoms with van der Waals surface area (Å²) < 4.78 is 0.476. The first kappa shape index (κ1) is 15.1. The SMILES string of the molecule is O=C1Nc2ccccc2C1/C=C1\SC(=S)N(c2ccccc2)C1=O. The fourth-order valence-electron chi connectivity index (χ4n) is 2.83. The number of hydrogen-bond acceptors (Lipinski definition) is 4. The lowest BCUT2D eigenvalue weighted by Gasteiger charge is -2.13. The summed E-state index contributed by atoms with van der Waals surface area (Å²) in [5.74, 6) is -0.777. The predicted octanol–water partition coefficient (Wildman–Crippen LogP) is 3.67. The molecule has 24 heavy (non-hydrogen) atoms. The van der Waals surface area contributed by atoms with Crippen LogP contribution in [0.1, 0.15) is 11.5 Å². The summed E-state index contributed by atoms with van der Waals surface area (Å²) in [7, 11) is 0. The van der Waals surface area contributed by atoms with Gasteiger partial charge in [0, 0.05) is 5.69 Å². The van der Waals surface area contributed by atoms with E-state index in [4.69, 9.17) is 12.2 Å². The standard InChI is InChI=1S/C18H12N2O2S2/c21-16-13(12-8-4-5-9-14(12)19-16)10-15-17(22)20(18(23)24-15)11-6-2-1-3-7-11/h1-10,13H,(H,19,21)/b15-10-. The van der Waals surface area contributed by atoms with Gasteiger partial charge in [-0.3, -0.25) is 14.5 Å². The van der Waals surface area contributed by atoms with Gasteiger partial charge in [0.05, 0.1) is 16.5 Å². The van der Waals surface area contributed by atoms with E-state index < -0.39 is 5.92 Å². The number of fused-ring (bicyclic) bond motifs is 1. The van der Waals surface area contributed by atoms with E-state index in [0.29, 0.717) is 9.23 Å². The number of anilines is 2. The molecule has 0 radical (unpaired) electrons. The summed E-state index contributed by atoms with van der Waals surface area (Å²) in [6.45, 7) is 0. The van der Waals surface area contributed by atoms with Gasteiger partial charge in [0.2, 0.25) is 5.91 Å². The minimum atomic E-state index is -0.467. The lowest BCUT2D eigenvalue weighted by Crippen LogP contribution is -2.27. The zero-order valence-electron chi connectivity index (χ0n) is 12.4. The third-order valence-corrected chi connectivity index (χ3v) is 5.28. The number of hydrogen-bond donors (Lipinski definition) is 1. The van der Waals surface area contributed by atoms with Gasteiger partial charge in [-0.15, -0.1) is 0 Å². The molecule has 118 valence electrons. The van der Waals surface area contributed by atoms with Gasteiger partial charge < -0.3 is 5.32 Å². The molecule has 0 aromatic heterocycles. The molecule has 2 heterocycles. The molecule has 0 spiro atoms. The Kier molecular flexibility index (Phi) is 3.70. The van der Waals surface area contributed by atoms with Crippen molar-refractivity contribution < 1.29 is 9.59 Å². The van der Waals surface area contributed by atoms with Crippen LogP contribution < -0.4 is 10.2 Å². The summed E-state index contributed by atoms with van der Waals surface area (Å²) in [4.78, 5) is 27.0. The van der Waals surface area contributed by atoms with E-state index in [2.05, 4.69) is 5.32 Å². The van der Waals surface area contributed by atoms with Crippen molar-refractivity contribution in [3.8, 4) is 0 Å². The zero-order chi connectivity index (χ0) is 16.7. The van der Waals surface area contributed by atoms with Gasteiger partial charge in [-0.05, 0) is 29.8 Å². The Balaban J connectivity index is 1.69. The average molecular weight is 352 g/mol. The molecule has 1 atom stereocenters. The summed E-state index contributed by atoms with van der Waals surface area (Å²) >= 11 is 6.58. The quantitative estimate of drug-likeness (QED) is 0.662. The van der Waals surface area contributed by atoms with Crippen LogP contribution in [0.15, 0.2) is 65.6 Å². The van der Waals surface area contributed by atoms with E-state index in [1.54, 1.807) is 6.08 Å². The highest BCUT2D eigenvalue weighted by Crippen LogP contribution is 2.39. The minimum absolute atomic E-state index is 0.124. The molecule has 0 saturated carbocycles. The summed E-state index contributed by atoms with van der Waals surface area (Å²) in [5.41, 5.74) is 2.41. The number of thioether (sulfide) groups is 1. The van der Waals surface area contributed by atoms with Crippen molar-refractivity contribution in [1.29, 1.82) is 0 Å². The number of nitrogens with one attached hydrogen (secondary N) is 1. The van der Waals surface area contributed by atoms with E-state index in [-0.39, 0.29) is 11.8 Å². The largest absolute Gasteiger partial charge is 0.325 e. The molecule has 2 aliphatic rings. The van der Waals surface area contributed by atoms with Crippen molar-refractivity contribution in [1.82, 2.24) is 0 Å². The topological polar surface area (TPSA) is 49.4 Å². The lowest BCUT2D eigenvalue weighted by molar-refractivity contribution is -0.116. The molecular formula is C18H12N2O2S2. The van der Waals surface area contributed by atoms with Crippen molar-refractivity contribution in [3.05, 3.63) is 71.1 Å². The van der Waals surface area contributed by atoms with E-state index >= 15 is 0 Å². The van der Waals surface area contributed by atoms with Crippen molar-refractivity contribution in [2.45, 2.75) is 5.92 Å². The van der Waals surface area contributed by atoms with Crippen LogP contribution in [-0.4, -0.2) is 16.1 Å². The number of amides is 2. The van der Waals surface area contributed by atoms with Crippen molar-refractivity contribution in [2.24, 2.45) is 0 Å². The number of carbonyl (C=O) groups is 2. The molecular weight excluding hydrogens is 340 g/mol. The highest BCUT2D eigenvalue weighted by Gasteiger charge is 2.36. The summed E-state index contributed by atoms with van der Waals surface area (Å²) in [5, 5.41) is 2.84. The maximum atomic E-state index is 12.7. The van der Waals surface area contributed by atoms with Gasteiger partial charge in [0.1, 0.15) is 0 Å². The lowest BCUT2D eigenvalue weighted by atomic mass is 10.0. The molecule has 1 fully saturated rings. The van der Waals surface area contributed by atoms with Crippen LogP contribution in [0.4, 0.5) is 11.4 Å². The molecule has 2 amide bonds. The maximum Gasteiger partial charge on any atom is 0.270 e. The van der Waals surface area contributed by atoms with E-state index in [0.717, 1.165) is 16.9 Å². The Bertz CT molecular complexity index is 893. The van der Waals surface area contributed by atoms with Gasteiger partial charge >= 0.3 is 0 Å². The minimum Gasteiger partial charge on any atom is -0.325 e. The molecule has 2 aliphatic heterocycles. The van der Waals surface area contributed by atoms with Gasteiger partial charge in [-0.25, -0.2) is 0 Å². The molecule has 1 N–H and O–H groups in total. The second-order valence-corrected chi connectivity index (χ2v) is 7.10. The first-order valence-corrected chi connectivity index (χ1v) is 8.60. The maximum absolute atomic E-state index is 12.7. The van der Waals surface area contributed by atoms with Crippen LogP contribution in [0.3, 0.4) is 0 Å². The van der Waals surface area contributed by atoms with E-state index in [9.17, 15) is 9.59 Å². The monoisotopic (exact) mass is 352 g/mol. The second-order valence-electron chi connectivity index (χ2n) is 5.43. The highest BCUT2D eigenvalue weighted by atomic mass is 32.2. The number of rotatable bonds is 2. The summed E-state index contributed by atoms with van der Waals surface area (Å²) in [6.07, 6.45) is 1.71. The Morgan fingerprint density at radius 2 is 1.75 bits per heavy atom. The van der Waals surface area contributed by atoms with Gasteiger partial charge in [-0.1, -0.05) is 60.4 Å². The summed E-state index contributed by atoms with van der Waals surface area (Å²) in [6, 6.07) is 16.8. The molecule has 0 bridgehead atoms. The van der Waals surface area contributed by atoms with Gasteiger partial charge in [-0.2, -0.15) is 0 Å². The Morgan fingerprint density at radius 3 is 2.54 bits per heavy atom. The fraction of sp³-hybridized carbons (Fsp3) is 0.0556. The highest BCUT2D eigenvalue weighted by molar-refractivity contribution is 8.27. The number of carbonyl (C=O) groups excluding carboxylic acids is 2. The average Bonchev–Trinajstić information content (AvgIpc) is 3.05. The first-order valence-electron chi connectivity index (χ1n) is 7.38. The molecule has 1 saturated heterocycles. The van der Waals surface area contributed by atoms with Gasteiger partial charge in [0.15, 0.2) is 4.32 Å². The van der Waals surface area contributed by atoms with Crippen molar-refractivity contribution >= 4 is 51.5 Å². The van der Waals surface area contributed by atoms with Gasteiger partial charge in [0.25, 0.3) is 5.91 Å². The molecule has 1 unspecified atom stereocenters. The zero-order valence-corrected chi connectivity index (χ0v) is 14.1. The molecule has 0 aliphatic carbocycles. The Labute approximate surface area is 148 Å². The smallest absolute Gasteiger partial charge is 0.270 e.